The number of esters is 1. The third kappa shape index (κ3) is 5.68. The molecule has 0 spiro atoms. The van der Waals surface area contributed by atoms with Crippen molar-refractivity contribution < 1.29 is 19.1 Å². The number of hydrogen-bond donors (Lipinski definition) is 2. The van der Waals surface area contributed by atoms with Crippen LogP contribution in [0.15, 0.2) is 72.8 Å². The summed E-state index contributed by atoms with van der Waals surface area (Å²) >= 11 is 6.03. The summed E-state index contributed by atoms with van der Waals surface area (Å²) in [4.78, 5) is 35.7. The topological polar surface area (TPSA) is 84.5 Å². The summed E-state index contributed by atoms with van der Waals surface area (Å²) in [7, 11) is 0. The molecular formula is C23H19ClN2O4. The molecule has 0 aliphatic carbocycles. The van der Waals surface area contributed by atoms with Crippen molar-refractivity contribution in [2.24, 2.45) is 0 Å². The summed E-state index contributed by atoms with van der Waals surface area (Å²) in [6, 6.07) is 20.3. The zero-order valence-electron chi connectivity index (χ0n) is 16.1. The zero-order valence-corrected chi connectivity index (χ0v) is 16.9. The second-order valence-corrected chi connectivity index (χ2v) is 6.84. The van der Waals surface area contributed by atoms with Crippen LogP contribution in [0.1, 0.15) is 33.2 Å². The summed E-state index contributed by atoms with van der Waals surface area (Å²) in [5, 5.41) is 5.99. The Morgan fingerprint density at radius 1 is 0.900 bits per heavy atom. The molecule has 0 aromatic heterocycles. The minimum Gasteiger partial charge on any atom is -0.427 e. The van der Waals surface area contributed by atoms with Crippen molar-refractivity contribution >= 4 is 35.1 Å². The molecule has 152 valence electrons. The molecule has 3 rings (SSSR count). The summed E-state index contributed by atoms with van der Waals surface area (Å²) in [6.45, 7) is 1.62. The van der Waals surface area contributed by atoms with Gasteiger partial charge in [-0.2, -0.15) is 0 Å². The highest BCUT2D eigenvalue weighted by Gasteiger charge is 2.10. The Hall–Kier alpha value is -3.64. The van der Waals surface area contributed by atoms with Gasteiger partial charge < -0.3 is 15.4 Å². The van der Waals surface area contributed by atoms with Crippen LogP contribution in [-0.2, 0) is 11.3 Å². The van der Waals surface area contributed by atoms with Crippen LogP contribution in [0.4, 0.5) is 5.69 Å². The third-order valence-electron chi connectivity index (χ3n) is 4.14. The van der Waals surface area contributed by atoms with E-state index in [0.29, 0.717) is 34.1 Å². The fourth-order valence-electron chi connectivity index (χ4n) is 2.70. The Morgan fingerprint density at radius 2 is 1.63 bits per heavy atom. The molecule has 2 amide bonds. The van der Waals surface area contributed by atoms with Crippen LogP contribution in [-0.4, -0.2) is 17.8 Å². The number of hydrogen-bond acceptors (Lipinski definition) is 4. The minimum absolute atomic E-state index is 0.259. The molecule has 7 heteroatoms. The highest BCUT2D eigenvalue weighted by Crippen LogP contribution is 2.17. The number of carbonyl (C=O) groups is 3. The van der Waals surface area contributed by atoms with Crippen LogP contribution in [0.25, 0.3) is 0 Å². The standard InChI is InChI=1S/C23H19ClN2O4/c1-15(27)30-19-6-4-5-17(13-19)22(28)26-18-11-9-16(10-12-18)14-25-23(29)20-7-2-3-8-21(20)24/h2-13H,14H2,1H3,(H,25,29)(H,26,28). The molecule has 3 aromatic rings. The van der Waals surface area contributed by atoms with Crippen LogP contribution in [0, 0.1) is 0 Å². The fourth-order valence-corrected chi connectivity index (χ4v) is 2.92. The van der Waals surface area contributed by atoms with Gasteiger partial charge in [0.2, 0.25) is 0 Å². The molecule has 0 saturated heterocycles. The lowest BCUT2D eigenvalue weighted by Crippen LogP contribution is -2.23. The lowest BCUT2D eigenvalue weighted by atomic mass is 10.1. The van der Waals surface area contributed by atoms with Gasteiger partial charge in [-0.05, 0) is 48.0 Å². The number of nitrogens with one attached hydrogen (secondary N) is 2. The van der Waals surface area contributed by atoms with Crippen LogP contribution in [0.3, 0.4) is 0 Å². The fraction of sp³-hybridized carbons (Fsp3) is 0.0870. The Morgan fingerprint density at radius 3 is 2.33 bits per heavy atom. The Bertz CT molecular complexity index is 1080. The van der Waals surface area contributed by atoms with Crippen molar-refractivity contribution in [1.29, 1.82) is 0 Å². The number of carbonyl (C=O) groups excluding carboxylic acids is 3. The van der Waals surface area contributed by atoms with Gasteiger partial charge in [-0.15, -0.1) is 0 Å². The van der Waals surface area contributed by atoms with Gasteiger partial charge in [-0.3, -0.25) is 14.4 Å². The second kappa shape index (κ2) is 9.71. The van der Waals surface area contributed by atoms with E-state index in [1.54, 1.807) is 66.7 Å². The molecule has 0 saturated carbocycles. The van der Waals surface area contributed by atoms with Crippen LogP contribution >= 0.6 is 11.6 Å². The Balaban J connectivity index is 1.58. The quantitative estimate of drug-likeness (QED) is 0.454. The molecule has 0 unspecified atom stereocenters. The van der Waals surface area contributed by atoms with Crippen molar-refractivity contribution in [3.63, 3.8) is 0 Å². The molecule has 0 bridgehead atoms. The van der Waals surface area contributed by atoms with E-state index in [0.717, 1.165) is 5.56 Å². The molecule has 0 aliphatic rings. The first-order chi connectivity index (χ1) is 14.4. The monoisotopic (exact) mass is 422 g/mol. The molecular weight excluding hydrogens is 404 g/mol. The summed E-state index contributed by atoms with van der Waals surface area (Å²) < 4.78 is 4.99. The molecule has 0 radical (unpaired) electrons. The van der Waals surface area contributed by atoms with E-state index in [9.17, 15) is 14.4 Å². The van der Waals surface area contributed by atoms with E-state index in [-0.39, 0.29) is 11.8 Å². The molecule has 2 N–H and O–H groups in total. The van der Waals surface area contributed by atoms with Gasteiger partial charge in [0, 0.05) is 24.7 Å². The largest absolute Gasteiger partial charge is 0.427 e. The Labute approximate surface area is 178 Å². The van der Waals surface area contributed by atoms with Gasteiger partial charge in [-0.1, -0.05) is 41.9 Å². The number of rotatable bonds is 6. The van der Waals surface area contributed by atoms with E-state index in [2.05, 4.69) is 10.6 Å². The van der Waals surface area contributed by atoms with E-state index in [1.165, 1.54) is 13.0 Å². The van der Waals surface area contributed by atoms with Crippen molar-refractivity contribution in [3.8, 4) is 5.75 Å². The lowest BCUT2D eigenvalue weighted by molar-refractivity contribution is -0.131. The maximum Gasteiger partial charge on any atom is 0.308 e. The van der Waals surface area contributed by atoms with E-state index in [4.69, 9.17) is 16.3 Å². The van der Waals surface area contributed by atoms with Gasteiger partial charge >= 0.3 is 5.97 Å². The number of benzene rings is 3. The summed E-state index contributed by atoms with van der Waals surface area (Å²) in [5.74, 6) is -0.737. The highest BCUT2D eigenvalue weighted by atomic mass is 35.5. The molecule has 0 fully saturated rings. The number of anilines is 1. The van der Waals surface area contributed by atoms with Crippen molar-refractivity contribution in [3.05, 3.63) is 94.5 Å². The molecule has 6 nitrogen and oxygen atoms in total. The van der Waals surface area contributed by atoms with Gasteiger partial charge in [0.05, 0.1) is 10.6 Å². The van der Waals surface area contributed by atoms with E-state index >= 15 is 0 Å². The number of amides is 2. The van der Waals surface area contributed by atoms with Crippen LogP contribution in [0.2, 0.25) is 5.02 Å². The first-order valence-corrected chi connectivity index (χ1v) is 9.51. The van der Waals surface area contributed by atoms with Gasteiger partial charge in [0.1, 0.15) is 5.75 Å². The van der Waals surface area contributed by atoms with Crippen molar-refractivity contribution in [2.45, 2.75) is 13.5 Å². The smallest absolute Gasteiger partial charge is 0.308 e. The molecule has 0 atom stereocenters. The van der Waals surface area contributed by atoms with Crippen LogP contribution < -0.4 is 15.4 Å². The maximum atomic E-state index is 12.4. The molecule has 0 heterocycles. The molecule has 3 aromatic carbocycles. The van der Waals surface area contributed by atoms with E-state index in [1.807, 2.05) is 0 Å². The third-order valence-corrected chi connectivity index (χ3v) is 4.47. The van der Waals surface area contributed by atoms with Gasteiger partial charge in [-0.25, -0.2) is 0 Å². The number of halogens is 1. The first-order valence-electron chi connectivity index (χ1n) is 9.14. The predicted molar refractivity (Wildman–Crippen MR) is 115 cm³/mol. The maximum absolute atomic E-state index is 12.4. The second-order valence-electron chi connectivity index (χ2n) is 6.44. The van der Waals surface area contributed by atoms with Crippen molar-refractivity contribution in [2.75, 3.05) is 5.32 Å². The normalized spacial score (nSPS) is 10.2. The lowest BCUT2D eigenvalue weighted by Gasteiger charge is -2.09. The van der Waals surface area contributed by atoms with Gasteiger partial charge in [0.25, 0.3) is 11.8 Å². The highest BCUT2D eigenvalue weighted by molar-refractivity contribution is 6.33. The SMILES string of the molecule is CC(=O)Oc1cccc(C(=O)Nc2ccc(CNC(=O)c3ccccc3Cl)cc2)c1. The zero-order chi connectivity index (χ0) is 21.5. The van der Waals surface area contributed by atoms with Crippen LogP contribution in [0.5, 0.6) is 5.75 Å². The summed E-state index contributed by atoms with van der Waals surface area (Å²) in [5.41, 5.74) is 2.24. The van der Waals surface area contributed by atoms with E-state index < -0.39 is 5.97 Å². The Kier molecular flexibility index (Phi) is 6.83. The first kappa shape index (κ1) is 21.1. The minimum atomic E-state index is -0.454. The molecule has 0 aliphatic heterocycles. The predicted octanol–water partition coefficient (Wildman–Crippen LogP) is 4.45. The van der Waals surface area contributed by atoms with Gasteiger partial charge in [0.15, 0.2) is 0 Å². The van der Waals surface area contributed by atoms with Crippen molar-refractivity contribution in [1.82, 2.24) is 5.32 Å². The number of ether oxygens (including phenoxy) is 1. The average molecular weight is 423 g/mol. The molecule has 30 heavy (non-hydrogen) atoms. The average Bonchev–Trinajstić information content (AvgIpc) is 2.73. The summed E-state index contributed by atoms with van der Waals surface area (Å²) in [6.07, 6.45) is 0.